The summed E-state index contributed by atoms with van der Waals surface area (Å²) in [6.07, 6.45) is 3.77. The van der Waals surface area contributed by atoms with Crippen molar-refractivity contribution < 1.29 is 0 Å². The van der Waals surface area contributed by atoms with Crippen LogP contribution in [0.3, 0.4) is 0 Å². The zero-order valence-corrected chi connectivity index (χ0v) is 10.8. The Hall–Kier alpha value is -0.470. The van der Waals surface area contributed by atoms with Crippen molar-refractivity contribution in [2.75, 3.05) is 0 Å². The average molecular weight is 233 g/mol. The van der Waals surface area contributed by atoms with Gasteiger partial charge in [-0.3, -0.25) is 0 Å². The molecule has 1 heterocycles. The first kappa shape index (κ1) is 10.7. The smallest absolute Gasteiger partial charge is 0.0146 e. The second-order valence-electron chi connectivity index (χ2n) is 5.37. The van der Waals surface area contributed by atoms with Crippen molar-refractivity contribution in [3.05, 3.63) is 29.3 Å². The minimum Gasteiger partial charge on any atom is -0.327 e. The molecule has 1 fully saturated rings. The Morgan fingerprint density at radius 2 is 2.19 bits per heavy atom. The molecule has 2 heteroatoms. The molecule has 1 aliphatic carbocycles. The normalized spacial score (nSPS) is 27.6. The molecule has 1 aliphatic heterocycles. The lowest BCUT2D eigenvalue weighted by molar-refractivity contribution is 0.548. The Kier molecular flexibility index (Phi) is 2.34. The van der Waals surface area contributed by atoms with Crippen molar-refractivity contribution in [3.8, 4) is 0 Å². The van der Waals surface area contributed by atoms with Crippen LogP contribution in [0.4, 0.5) is 0 Å². The zero-order chi connectivity index (χ0) is 11.3. The van der Waals surface area contributed by atoms with Gasteiger partial charge in [-0.15, -0.1) is 11.8 Å². The SMILES string of the molecule is CC1Cc2cccc(C3(C(C)N)CC3)c2S1. The number of benzene rings is 1. The lowest BCUT2D eigenvalue weighted by atomic mass is 9.88. The molecular formula is C14H19NS. The molecule has 2 atom stereocenters. The lowest BCUT2D eigenvalue weighted by Crippen LogP contribution is -2.32. The van der Waals surface area contributed by atoms with Gasteiger partial charge in [0.1, 0.15) is 0 Å². The third-order valence-corrected chi connectivity index (χ3v) is 5.41. The van der Waals surface area contributed by atoms with Crippen LogP contribution >= 0.6 is 11.8 Å². The van der Waals surface area contributed by atoms with Gasteiger partial charge in [-0.1, -0.05) is 25.1 Å². The van der Waals surface area contributed by atoms with E-state index >= 15 is 0 Å². The second kappa shape index (κ2) is 3.51. The maximum Gasteiger partial charge on any atom is 0.0146 e. The molecule has 0 saturated heterocycles. The summed E-state index contributed by atoms with van der Waals surface area (Å²) < 4.78 is 0. The predicted molar refractivity (Wildman–Crippen MR) is 70.0 cm³/mol. The van der Waals surface area contributed by atoms with Gasteiger partial charge in [0.05, 0.1) is 0 Å². The van der Waals surface area contributed by atoms with Crippen molar-refractivity contribution in [1.82, 2.24) is 0 Å². The standard InChI is InChI=1S/C14H19NS/c1-9-8-11-4-3-5-12(13(11)16-9)14(6-7-14)10(2)15/h3-5,9-10H,6-8,15H2,1-2H3. The van der Waals surface area contributed by atoms with Gasteiger partial charge in [0.25, 0.3) is 0 Å². The van der Waals surface area contributed by atoms with Crippen molar-refractivity contribution in [2.45, 2.75) is 54.7 Å². The van der Waals surface area contributed by atoms with Crippen LogP contribution < -0.4 is 5.73 Å². The van der Waals surface area contributed by atoms with Crippen LogP contribution in [0.2, 0.25) is 0 Å². The van der Waals surface area contributed by atoms with Crippen LogP contribution in [0.15, 0.2) is 23.1 Å². The van der Waals surface area contributed by atoms with Gasteiger partial charge in [-0.25, -0.2) is 0 Å². The van der Waals surface area contributed by atoms with Crippen LogP contribution in [0.5, 0.6) is 0 Å². The third kappa shape index (κ3) is 1.43. The summed E-state index contributed by atoms with van der Waals surface area (Å²) in [6.45, 7) is 4.48. The van der Waals surface area contributed by atoms with Gasteiger partial charge >= 0.3 is 0 Å². The van der Waals surface area contributed by atoms with E-state index in [0.29, 0.717) is 5.41 Å². The minimum absolute atomic E-state index is 0.288. The molecule has 0 radical (unpaired) electrons. The Bertz CT molecular complexity index is 421. The number of nitrogens with two attached hydrogens (primary N) is 1. The van der Waals surface area contributed by atoms with E-state index in [9.17, 15) is 0 Å². The summed E-state index contributed by atoms with van der Waals surface area (Å²) in [7, 11) is 0. The van der Waals surface area contributed by atoms with Crippen LogP contribution in [-0.2, 0) is 11.8 Å². The van der Waals surface area contributed by atoms with E-state index in [0.717, 1.165) is 5.25 Å². The Morgan fingerprint density at radius 3 is 2.81 bits per heavy atom. The van der Waals surface area contributed by atoms with Crippen molar-refractivity contribution >= 4 is 11.8 Å². The number of hydrogen-bond donors (Lipinski definition) is 1. The van der Waals surface area contributed by atoms with E-state index in [2.05, 4.69) is 32.0 Å². The highest BCUT2D eigenvalue weighted by Crippen LogP contribution is 2.55. The topological polar surface area (TPSA) is 26.0 Å². The summed E-state index contributed by atoms with van der Waals surface area (Å²) >= 11 is 2.05. The molecule has 3 rings (SSSR count). The van der Waals surface area contributed by atoms with E-state index < -0.39 is 0 Å². The van der Waals surface area contributed by atoms with Crippen LogP contribution in [-0.4, -0.2) is 11.3 Å². The molecule has 1 aromatic carbocycles. The average Bonchev–Trinajstić information content (AvgIpc) is 2.94. The van der Waals surface area contributed by atoms with Gasteiger partial charge < -0.3 is 5.73 Å². The molecule has 2 N–H and O–H groups in total. The molecule has 0 spiro atoms. The first-order valence-corrected chi connectivity index (χ1v) is 7.06. The van der Waals surface area contributed by atoms with Crippen molar-refractivity contribution in [3.63, 3.8) is 0 Å². The molecule has 2 aliphatic rings. The molecular weight excluding hydrogens is 214 g/mol. The first-order valence-electron chi connectivity index (χ1n) is 6.18. The molecule has 16 heavy (non-hydrogen) atoms. The number of rotatable bonds is 2. The Labute approximate surface area is 102 Å². The van der Waals surface area contributed by atoms with Crippen LogP contribution in [0.25, 0.3) is 0 Å². The molecule has 1 nitrogen and oxygen atoms in total. The third-order valence-electron chi connectivity index (χ3n) is 4.12. The molecule has 0 aromatic heterocycles. The Morgan fingerprint density at radius 1 is 1.44 bits per heavy atom. The largest absolute Gasteiger partial charge is 0.327 e. The molecule has 1 aromatic rings. The highest BCUT2D eigenvalue weighted by molar-refractivity contribution is 8.00. The molecule has 0 amide bonds. The van der Waals surface area contributed by atoms with Gasteiger partial charge in [-0.05, 0) is 37.3 Å². The van der Waals surface area contributed by atoms with Crippen molar-refractivity contribution in [1.29, 1.82) is 0 Å². The van der Waals surface area contributed by atoms with Gasteiger partial charge in [0, 0.05) is 21.6 Å². The van der Waals surface area contributed by atoms with Gasteiger partial charge in [0.15, 0.2) is 0 Å². The maximum atomic E-state index is 6.18. The fourth-order valence-corrected chi connectivity index (χ4v) is 4.30. The monoisotopic (exact) mass is 233 g/mol. The summed E-state index contributed by atoms with van der Waals surface area (Å²) in [5.41, 5.74) is 9.57. The zero-order valence-electron chi connectivity index (χ0n) is 9.99. The number of hydrogen-bond acceptors (Lipinski definition) is 2. The number of thioether (sulfide) groups is 1. The molecule has 0 bridgehead atoms. The summed E-state index contributed by atoms with van der Waals surface area (Å²) in [4.78, 5) is 1.55. The maximum absolute atomic E-state index is 6.18. The molecule has 86 valence electrons. The summed E-state index contributed by atoms with van der Waals surface area (Å²) in [5, 5.41) is 0.736. The van der Waals surface area contributed by atoms with E-state index in [1.807, 2.05) is 11.8 Å². The van der Waals surface area contributed by atoms with Crippen LogP contribution in [0.1, 0.15) is 37.8 Å². The quantitative estimate of drug-likeness (QED) is 0.849. The molecule has 1 saturated carbocycles. The van der Waals surface area contributed by atoms with Gasteiger partial charge in [-0.2, -0.15) is 0 Å². The Balaban J connectivity index is 2.07. The fourth-order valence-electron chi connectivity index (χ4n) is 2.93. The van der Waals surface area contributed by atoms with Crippen LogP contribution in [0, 0.1) is 0 Å². The minimum atomic E-state index is 0.288. The summed E-state index contributed by atoms with van der Waals surface area (Å²) in [5.74, 6) is 0. The highest BCUT2D eigenvalue weighted by atomic mass is 32.2. The predicted octanol–water partition coefficient (Wildman–Crippen LogP) is 3.10. The van der Waals surface area contributed by atoms with E-state index in [1.54, 1.807) is 10.5 Å². The first-order chi connectivity index (χ1) is 7.63. The number of fused-ring (bicyclic) bond motifs is 1. The molecule has 2 unspecified atom stereocenters. The summed E-state index contributed by atoms with van der Waals surface area (Å²) in [6, 6.07) is 7.10. The second-order valence-corrected chi connectivity index (χ2v) is 6.82. The van der Waals surface area contributed by atoms with Gasteiger partial charge in [0.2, 0.25) is 0 Å². The van der Waals surface area contributed by atoms with E-state index in [4.69, 9.17) is 5.73 Å². The fraction of sp³-hybridized carbons (Fsp3) is 0.571. The van der Waals surface area contributed by atoms with E-state index in [1.165, 1.54) is 24.8 Å². The van der Waals surface area contributed by atoms with E-state index in [-0.39, 0.29) is 6.04 Å². The van der Waals surface area contributed by atoms with Crippen molar-refractivity contribution in [2.24, 2.45) is 5.73 Å². The highest BCUT2D eigenvalue weighted by Gasteiger charge is 2.49. The lowest BCUT2D eigenvalue weighted by Gasteiger charge is -2.22.